The van der Waals surface area contributed by atoms with E-state index in [0.29, 0.717) is 12.2 Å². The van der Waals surface area contributed by atoms with Gasteiger partial charge in [0.1, 0.15) is 17.6 Å². The average Bonchev–Trinajstić information content (AvgIpc) is 2.85. The van der Waals surface area contributed by atoms with Gasteiger partial charge in [0.05, 0.1) is 5.56 Å². The third kappa shape index (κ3) is 2.42. The largest absolute Gasteiger partial charge is 0.433 e. The van der Waals surface area contributed by atoms with Gasteiger partial charge in [-0.25, -0.2) is 9.97 Å². The normalized spacial score (nSPS) is 11.3. The van der Waals surface area contributed by atoms with E-state index >= 15 is 0 Å². The van der Waals surface area contributed by atoms with Crippen LogP contribution in [0.3, 0.4) is 0 Å². The van der Waals surface area contributed by atoms with Gasteiger partial charge in [0.15, 0.2) is 5.82 Å². The molecule has 0 aliphatic heterocycles. The second-order valence-electron chi connectivity index (χ2n) is 3.74. The molecule has 2 rings (SSSR count). The van der Waals surface area contributed by atoms with E-state index in [-0.39, 0.29) is 11.4 Å². The highest BCUT2D eigenvalue weighted by molar-refractivity contribution is 5.45. The van der Waals surface area contributed by atoms with E-state index in [0.717, 1.165) is 12.1 Å². The van der Waals surface area contributed by atoms with E-state index < -0.39 is 11.9 Å². The van der Waals surface area contributed by atoms with Crippen LogP contribution < -0.4 is 0 Å². The summed E-state index contributed by atoms with van der Waals surface area (Å²) in [7, 11) is 0. The molecule has 2 aromatic rings. The maximum Gasteiger partial charge on any atom is 0.433 e. The Morgan fingerprint density at radius 3 is 2.68 bits per heavy atom. The summed E-state index contributed by atoms with van der Waals surface area (Å²) >= 11 is 0. The monoisotopic (exact) mass is 266 g/mol. The van der Waals surface area contributed by atoms with Crippen molar-refractivity contribution in [3.05, 3.63) is 41.6 Å². The van der Waals surface area contributed by atoms with Crippen molar-refractivity contribution in [2.45, 2.75) is 19.5 Å². The lowest BCUT2D eigenvalue weighted by molar-refractivity contribution is -0.141. The summed E-state index contributed by atoms with van der Waals surface area (Å²) in [5, 5.41) is 8.97. The molecule has 0 atom stereocenters. The molecule has 0 radical (unpaired) electrons. The number of hydrogen-bond donors (Lipinski definition) is 0. The van der Waals surface area contributed by atoms with Crippen LogP contribution in [0, 0.1) is 11.3 Å². The van der Waals surface area contributed by atoms with Crippen LogP contribution in [-0.2, 0) is 12.6 Å². The minimum absolute atomic E-state index is 0.0494. The first-order valence-electron chi connectivity index (χ1n) is 5.48. The zero-order valence-corrected chi connectivity index (χ0v) is 9.94. The van der Waals surface area contributed by atoms with E-state index in [9.17, 15) is 13.2 Å². The second kappa shape index (κ2) is 4.72. The lowest BCUT2D eigenvalue weighted by Crippen LogP contribution is -2.12. The molecule has 0 bridgehead atoms. The van der Waals surface area contributed by atoms with Gasteiger partial charge in [-0.05, 0) is 12.1 Å². The average molecular weight is 266 g/mol. The Bertz CT molecular complexity index is 637. The summed E-state index contributed by atoms with van der Waals surface area (Å²) in [4.78, 5) is 7.55. The molecule has 0 aliphatic carbocycles. The van der Waals surface area contributed by atoms with E-state index in [1.54, 1.807) is 0 Å². The van der Waals surface area contributed by atoms with Gasteiger partial charge in [-0.2, -0.15) is 18.4 Å². The number of nitriles is 1. The first-order valence-corrected chi connectivity index (χ1v) is 5.48. The number of aryl methyl sites for hydroxylation is 1. The molecule has 0 amide bonds. The number of pyridine rings is 1. The van der Waals surface area contributed by atoms with Crippen molar-refractivity contribution in [1.82, 2.24) is 14.5 Å². The highest BCUT2D eigenvalue weighted by Gasteiger charge is 2.33. The molecule has 0 unspecified atom stereocenters. The van der Waals surface area contributed by atoms with Gasteiger partial charge in [-0.1, -0.05) is 6.92 Å². The minimum Gasteiger partial charge on any atom is -0.287 e. The Morgan fingerprint density at radius 2 is 2.11 bits per heavy atom. The molecule has 2 aromatic heterocycles. The minimum atomic E-state index is -4.55. The second-order valence-corrected chi connectivity index (χ2v) is 3.74. The number of halogens is 3. The van der Waals surface area contributed by atoms with Gasteiger partial charge in [0, 0.05) is 18.8 Å². The van der Waals surface area contributed by atoms with Gasteiger partial charge in [-0.15, -0.1) is 0 Å². The summed E-state index contributed by atoms with van der Waals surface area (Å²) in [6.45, 7) is 1.82. The smallest absolute Gasteiger partial charge is 0.287 e. The predicted molar refractivity (Wildman–Crippen MR) is 60.5 cm³/mol. The highest BCUT2D eigenvalue weighted by atomic mass is 19.4. The zero-order valence-electron chi connectivity index (χ0n) is 9.94. The van der Waals surface area contributed by atoms with Crippen molar-refractivity contribution in [2.24, 2.45) is 0 Å². The topological polar surface area (TPSA) is 54.5 Å². The number of hydrogen-bond acceptors (Lipinski definition) is 3. The molecule has 19 heavy (non-hydrogen) atoms. The van der Waals surface area contributed by atoms with E-state index in [1.165, 1.54) is 17.0 Å². The first kappa shape index (κ1) is 13.1. The van der Waals surface area contributed by atoms with Crippen LogP contribution >= 0.6 is 0 Å². The fourth-order valence-electron chi connectivity index (χ4n) is 1.67. The molecule has 0 saturated heterocycles. The first-order chi connectivity index (χ1) is 8.97. The molecule has 0 fully saturated rings. The van der Waals surface area contributed by atoms with Crippen molar-refractivity contribution >= 4 is 0 Å². The lowest BCUT2D eigenvalue weighted by atomic mass is 10.2. The maximum absolute atomic E-state index is 12.7. The Labute approximate surface area is 107 Å². The molecule has 4 nitrogen and oxygen atoms in total. The van der Waals surface area contributed by atoms with Crippen molar-refractivity contribution in [3.8, 4) is 11.9 Å². The van der Waals surface area contributed by atoms with Crippen LogP contribution in [0.1, 0.15) is 24.0 Å². The lowest BCUT2D eigenvalue weighted by Gasteiger charge is -2.11. The van der Waals surface area contributed by atoms with Gasteiger partial charge in [-0.3, -0.25) is 4.57 Å². The molecule has 0 aromatic carbocycles. The molecule has 0 aliphatic rings. The van der Waals surface area contributed by atoms with Crippen LogP contribution in [0.5, 0.6) is 0 Å². The SMILES string of the molecule is CCc1nccn1-c1nc(C(F)(F)F)ccc1C#N. The number of imidazole rings is 1. The van der Waals surface area contributed by atoms with Crippen LogP contribution in [0.15, 0.2) is 24.5 Å². The molecule has 7 heteroatoms. The van der Waals surface area contributed by atoms with Gasteiger partial charge in [0.25, 0.3) is 0 Å². The van der Waals surface area contributed by atoms with E-state index in [1.807, 2.05) is 13.0 Å². The molecule has 0 spiro atoms. The fourth-order valence-corrected chi connectivity index (χ4v) is 1.67. The van der Waals surface area contributed by atoms with Crippen LogP contribution in [-0.4, -0.2) is 14.5 Å². The highest BCUT2D eigenvalue weighted by Crippen LogP contribution is 2.29. The number of alkyl halides is 3. The Hall–Kier alpha value is -2.36. The van der Waals surface area contributed by atoms with E-state index in [2.05, 4.69) is 9.97 Å². The summed E-state index contributed by atoms with van der Waals surface area (Å²) in [6, 6.07) is 3.75. The molecular weight excluding hydrogens is 257 g/mol. The summed E-state index contributed by atoms with van der Waals surface area (Å²) < 4.78 is 39.4. The van der Waals surface area contributed by atoms with Gasteiger partial charge < -0.3 is 0 Å². The molecule has 98 valence electrons. The summed E-state index contributed by atoms with van der Waals surface area (Å²) in [5.74, 6) is 0.495. The maximum atomic E-state index is 12.7. The van der Waals surface area contributed by atoms with Gasteiger partial charge >= 0.3 is 6.18 Å². The van der Waals surface area contributed by atoms with Crippen molar-refractivity contribution < 1.29 is 13.2 Å². The molecule has 2 heterocycles. The molecular formula is C12H9F3N4. The predicted octanol–water partition coefficient (Wildman–Crippen LogP) is 2.72. The standard InChI is InChI=1S/C12H9F3N4/c1-2-10-17-5-6-19(10)11-8(7-16)3-4-9(18-11)12(13,14)15/h3-6H,2H2,1H3. The Morgan fingerprint density at radius 1 is 1.37 bits per heavy atom. The Balaban J connectivity index is 2.64. The van der Waals surface area contributed by atoms with Crippen molar-refractivity contribution in [1.29, 1.82) is 5.26 Å². The summed E-state index contributed by atoms with van der Waals surface area (Å²) in [5.41, 5.74) is -0.960. The van der Waals surface area contributed by atoms with Crippen LogP contribution in [0.4, 0.5) is 13.2 Å². The Kier molecular flexibility index (Phi) is 3.25. The number of rotatable bonds is 2. The number of nitrogens with zero attached hydrogens (tertiary/aromatic N) is 4. The van der Waals surface area contributed by atoms with Crippen LogP contribution in [0.2, 0.25) is 0 Å². The fraction of sp³-hybridized carbons (Fsp3) is 0.250. The van der Waals surface area contributed by atoms with Crippen LogP contribution in [0.25, 0.3) is 5.82 Å². The molecule has 0 saturated carbocycles. The quantitative estimate of drug-likeness (QED) is 0.839. The van der Waals surface area contributed by atoms with Crippen molar-refractivity contribution in [3.63, 3.8) is 0 Å². The van der Waals surface area contributed by atoms with Crippen molar-refractivity contribution in [2.75, 3.05) is 0 Å². The van der Waals surface area contributed by atoms with Gasteiger partial charge in [0.2, 0.25) is 0 Å². The number of aromatic nitrogens is 3. The van der Waals surface area contributed by atoms with E-state index in [4.69, 9.17) is 5.26 Å². The zero-order chi connectivity index (χ0) is 14.0. The third-order valence-electron chi connectivity index (χ3n) is 2.55. The molecule has 0 N–H and O–H groups in total. The third-order valence-corrected chi connectivity index (χ3v) is 2.55. The summed E-state index contributed by atoms with van der Waals surface area (Å²) in [6.07, 6.45) is -1.07.